The molecule has 0 atom stereocenters. The molecule has 2 heterocycles. The van der Waals surface area contributed by atoms with Gasteiger partial charge in [-0.05, 0) is 4.92 Å². The summed E-state index contributed by atoms with van der Waals surface area (Å²) < 4.78 is 1.16. The maximum Gasteiger partial charge on any atom is 0.434 e. The third-order valence-electron chi connectivity index (χ3n) is 2.61. The average Bonchev–Trinajstić information content (AvgIpc) is 2.98. The van der Waals surface area contributed by atoms with E-state index in [-0.39, 0.29) is 25.8 Å². The van der Waals surface area contributed by atoms with Crippen LogP contribution in [-0.2, 0) is 25.8 Å². The number of aromatic nitrogens is 2. The highest BCUT2D eigenvalue weighted by Gasteiger charge is 2.32. The van der Waals surface area contributed by atoms with Gasteiger partial charge in [-0.3, -0.25) is 9.59 Å². The maximum atomic E-state index is 11.5. The van der Waals surface area contributed by atoms with Crippen LogP contribution in [0.5, 0.6) is 0 Å². The number of carbonyl (C=O) groups excluding carboxylic acids is 3. The Morgan fingerprint density at radius 1 is 1.40 bits per heavy atom. The van der Waals surface area contributed by atoms with Gasteiger partial charge in [-0.1, -0.05) is 4.98 Å². The molecule has 0 unspecified atom stereocenters. The Labute approximate surface area is 112 Å². The Bertz CT molecular complexity index is 564. The SMILES string of the molecule is O=C(CCn1ccnc1[N+](=O)[O-])ON1C(=O)CCC1=O. The highest BCUT2D eigenvalue weighted by Crippen LogP contribution is 2.13. The van der Waals surface area contributed by atoms with Gasteiger partial charge in [-0.15, -0.1) is 5.06 Å². The molecule has 0 aromatic carbocycles. The van der Waals surface area contributed by atoms with Gasteiger partial charge in [0.05, 0.1) is 13.0 Å². The number of imide groups is 1. The van der Waals surface area contributed by atoms with Gasteiger partial charge in [0.25, 0.3) is 11.8 Å². The van der Waals surface area contributed by atoms with Crippen molar-refractivity contribution in [3.63, 3.8) is 0 Å². The number of nitrogens with zero attached hydrogens (tertiary/aromatic N) is 4. The third-order valence-corrected chi connectivity index (χ3v) is 2.61. The van der Waals surface area contributed by atoms with E-state index in [0.29, 0.717) is 5.06 Å². The van der Waals surface area contributed by atoms with E-state index in [4.69, 9.17) is 0 Å². The van der Waals surface area contributed by atoms with Gasteiger partial charge in [-0.2, -0.15) is 0 Å². The zero-order valence-corrected chi connectivity index (χ0v) is 10.2. The van der Waals surface area contributed by atoms with Crippen LogP contribution in [0.15, 0.2) is 12.4 Å². The lowest BCUT2D eigenvalue weighted by atomic mass is 10.4. The predicted octanol–water partition coefficient (Wildman–Crippen LogP) is -0.211. The van der Waals surface area contributed by atoms with Gasteiger partial charge in [-0.25, -0.2) is 9.36 Å². The van der Waals surface area contributed by atoms with Crippen LogP contribution in [0.2, 0.25) is 0 Å². The number of nitro groups is 1. The molecule has 106 valence electrons. The van der Waals surface area contributed by atoms with E-state index in [1.807, 2.05) is 0 Å². The minimum Gasteiger partial charge on any atom is -0.390 e. The second-order valence-corrected chi connectivity index (χ2v) is 3.97. The van der Waals surface area contributed by atoms with E-state index in [1.54, 1.807) is 0 Å². The molecule has 0 spiro atoms. The zero-order valence-electron chi connectivity index (χ0n) is 10.2. The second kappa shape index (κ2) is 5.47. The summed E-state index contributed by atoms with van der Waals surface area (Å²) in [5.41, 5.74) is 0. The normalized spacial score (nSPS) is 14.7. The molecule has 2 amide bonds. The first kappa shape index (κ1) is 13.6. The first-order chi connectivity index (χ1) is 9.49. The molecule has 1 aromatic rings. The molecule has 10 heteroatoms. The predicted molar refractivity (Wildman–Crippen MR) is 60.7 cm³/mol. The fourth-order valence-electron chi connectivity index (χ4n) is 1.66. The summed E-state index contributed by atoms with van der Waals surface area (Å²) in [6.45, 7) is -0.0363. The number of carbonyl (C=O) groups is 3. The van der Waals surface area contributed by atoms with Crippen LogP contribution in [0.4, 0.5) is 5.95 Å². The molecule has 0 saturated carbocycles. The monoisotopic (exact) mass is 282 g/mol. The molecule has 0 radical (unpaired) electrons. The Hall–Kier alpha value is -2.78. The number of hydrogen-bond donors (Lipinski definition) is 0. The van der Waals surface area contributed by atoms with Crippen molar-refractivity contribution in [3.05, 3.63) is 22.5 Å². The summed E-state index contributed by atoms with van der Waals surface area (Å²) >= 11 is 0. The van der Waals surface area contributed by atoms with Crippen LogP contribution in [0.3, 0.4) is 0 Å². The number of hydroxylamine groups is 2. The summed E-state index contributed by atoms with van der Waals surface area (Å²) in [6, 6.07) is 0. The standard InChI is InChI=1S/C10H10N4O6/c15-7-1-2-8(16)13(7)20-9(17)3-5-12-6-4-11-10(12)14(18)19/h4,6H,1-3,5H2. The first-order valence-corrected chi connectivity index (χ1v) is 5.71. The maximum absolute atomic E-state index is 11.5. The zero-order chi connectivity index (χ0) is 14.7. The molecule has 0 aliphatic carbocycles. The third kappa shape index (κ3) is 2.79. The fourth-order valence-corrected chi connectivity index (χ4v) is 1.66. The molecule has 0 N–H and O–H groups in total. The van der Waals surface area contributed by atoms with Crippen molar-refractivity contribution < 1.29 is 24.1 Å². The number of amides is 2. The van der Waals surface area contributed by atoms with Crippen LogP contribution >= 0.6 is 0 Å². The minimum atomic E-state index is -0.823. The Balaban J connectivity index is 1.89. The summed E-state index contributed by atoms with van der Waals surface area (Å²) in [5, 5.41) is 11.0. The van der Waals surface area contributed by atoms with E-state index < -0.39 is 28.7 Å². The van der Waals surface area contributed by atoms with Crippen molar-refractivity contribution in [2.45, 2.75) is 25.8 Å². The Morgan fingerprint density at radius 2 is 2.05 bits per heavy atom. The van der Waals surface area contributed by atoms with Crippen molar-refractivity contribution >= 4 is 23.7 Å². The van der Waals surface area contributed by atoms with Gasteiger partial charge < -0.3 is 15.0 Å². The van der Waals surface area contributed by atoms with E-state index in [9.17, 15) is 24.5 Å². The Kier molecular flexibility index (Phi) is 3.73. The van der Waals surface area contributed by atoms with Crippen molar-refractivity contribution in [1.82, 2.24) is 14.6 Å². The van der Waals surface area contributed by atoms with Gasteiger partial charge in [0.1, 0.15) is 12.4 Å². The van der Waals surface area contributed by atoms with E-state index in [1.165, 1.54) is 12.4 Å². The highest BCUT2D eigenvalue weighted by molar-refractivity contribution is 6.01. The van der Waals surface area contributed by atoms with Gasteiger partial charge >= 0.3 is 11.9 Å². The van der Waals surface area contributed by atoms with Gasteiger partial charge in [0.2, 0.25) is 0 Å². The summed E-state index contributed by atoms with van der Waals surface area (Å²) in [4.78, 5) is 52.0. The molecule has 2 rings (SSSR count). The largest absolute Gasteiger partial charge is 0.434 e. The molecular formula is C10H10N4O6. The summed E-state index contributed by atoms with van der Waals surface area (Å²) in [7, 11) is 0. The van der Waals surface area contributed by atoms with Crippen molar-refractivity contribution in [1.29, 1.82) is 0 Å². The summed E-state index contributed by atoms with van der Waals surface area (Å²) in [6.07, 6.45) is 2.38. The molecular weight excluding hydrogens is 272 g/mol. The van der Waals surface area contributed by atoms with Crippen LogP contribution in [0.25, 0.3) is 0 Å². The van der Waals surface area contributed by atoms with E-state index in [0.717, 1.165) is 4.57 Å². The molecule has 1 saturated heterocycles. The molecule has 1 fully saturated rings. The second-order valence-electron chi connectivity index (χ2n) is 3.97. The molecule has 1 aliphatic rings. The van der Waals surface area contributed by atoms with E-state index in [2.05, 4.69) is 9.82 Å². The minimum absolute atomic E-state index is 0.0130. The summed E-state index contributed by atoms with van der Waals surface area (Å²) in [5.74, 6) is -2.36. The van der Waals surface area contributed by atoms with Crippen molar-refractivity contribution in [3.8, 4) is 0 Å². The average molecular weight is 282 g/mol. The van der Waals surface area contributed by atoms with Gasteiger partial charge in [0, 0.05) is 12.8 Å². The fraction of sp³-hybridized carbons (Fsp3) is 0.400. The topological polar surface area (TPSA) is 125 Å². The lowest BCUT2D eigenvalue weighted by Gasteiger charge is -2.12. The highest BCUT2D eigenvalue weighted by atomic mass is 16.7. The Morgan fingerprint density at radius 3 is 2.65 bits per heavy atom. The van der Waals surface area contributed by atoms with E-state index >= 15 is 0 Å². The molecule has 1 aliphatic heterocycles. The first-order valence-electron chi connectivity index (χ1n) is 5.71. The lowest BCUT2D eigenvalue weighted by Crippen LogP contribution is -2.32. The number of rotatable bonds is 5. The number of imidazole rings is 1. The van der Waals surface area contributed by atoms with Gasteiger partial charge in [0.15, 0.2) is 0 Å². The van der Waals surface area contributed by atoms with Crippen LogP contribution in [-0.4, -0.2) is 37.3 Å². The lowest BCUT2D eigenvalue weighted by molar-refractivity contribution is -0.396. The quantitative estimate of drug-likeness (QED) is 0.415. The number of aryl methyl sites for hydroxylation is 1. The van der Waals surface area contributed by atoms with Crippen LogP contribution in [0.1, 0.15) is 19.3 Å². The van der Waals surface area contributed by atoms with Crippen LogP contribution in [0, 0.1) is 10.1 Å². The molecule has 0 bridgehead atoms. The smallest absolute Gasteiger partial charge is 0.390 e. The van der Waals surface area contributed by atoms with Crippen LogP contribution < -0.4 is 0 Å². The number of hydrogen-bond acceptors (Lipinski definition) is 7. The van der Waals surface area contributed by atoms with Crippen molar-refractivity contribution in [2.75, 3.05) is 0 Å². The molecule has 10 nitrogen and oxygen atoms in total. The molecule has 20 heavy (non-hydrogen) atoms. The van der Waals surface area contributed by atoms with Crippen molar-refractivity contribution in [2.24, 2.45) is 0 Å². The molecule has 1 aromatic heterocycles.